The number of aromatic amines is 1. The molecule has 0 radical (unpaired) electrons. The second-order valence-corrected chi connectivity index (χ2v) is 8.56. The molecule has 3 N–H and O–H groups in total. The van der Waals surface area contributed by atoms with Crippen LogP contribution < -0.4 is 10.5 Å². The van der Waals surface area contributed by atoms with Crippen molar-refractivity contribution >= 4 is 22.8 Å². The lowest BCUT2D eigenvalue weighted by atomic mass is 9.78. The Hall–Kier alpha value is -3.32. The quantitative estimate of drug-likeness (QED) is 0.583. The molecule has 2 atom stereocenters. The Labute approximate surface area is 187 Å². The van der Waals surface area contributed by atoms with E-state index in [1.165, 1.54) is 4.90 Å². The Morgan fingerprint density at radius 3 is 2.66 bits per heavy atom. The van der Waals surface area contributed by atoms with Gasteiger partial charge in [-0.15, -0.1) is 0 Å². The lowest BCUT2D eigenvalue weighted by Crippen LogP contribution is -2.55. The highest BCUT2D eigenvalue weighted by molar-refractivity contribution is 6.08. The number of methoxy groups -OCH3 is 1. The van der Waals surface area contributed by atoms with Crippen LogP contribution in [-0.4, -0.2) is 52.5 Å². The van der Waals surface area contributed by atoms with Crippen LogP contribution in [-0.2, 0) is 11.2 Å². The Bertz CT molecular complexity index is 1190. The molecule has 2 aliphatic heterocycles. The van der Waals surface area contributed by atoms with Gasteiger partial charge in [-0.3, -0.25) is 14.6 Å². The van der Waals surface area contributed by atoms with Gasteiger partial charge in [0.2, 0.25) is 0 Å². The number of urea groups is 1. The van der Waals surface area contributed by atoms with Gasteiger partial charge in [-0.05, 0) is 48.7 Å². The minimum Gasteiger partial charge on any atom is -0.497 e. The van der Waals surface area contributed by atoms with Crippen molar-refractivity contribution in [2.45, 2.75) is 37.8 Å². The summed E-state index contributed by atoms with van der Waals surface area (Å²) in [6, 6.07) is 15.3. The normalized spacial score (nSPS) is 22.4. The Morgan fingerprint density at radius 1 is 1.19 bits per heavy atom. The fraction of sp³-hybridized carbons (Fsp3) is 0.360. The van der Waals surface area contributed by atoms with E-state index in [0.717, 1.165) is 33.5 Å². The molecule has 32 heavy (non-hydrogen) atoms. The van der Waals surface area contributed by atoms with Gasteiger partial charge >= 0.3 is 6.03 Å². The molecule has 5 rings (SSSR count). The van der Waals surface area contributed by atoms with Gasteiger partial charge in [0.05, 0.1) is 7.11 Å². The van der Waals surface area contributed by atoms with E-state index < -0.39 is 5.54 Å². The zero-order chi connectivity index (χ0) is 22.5. The lowest BCUT2D eigenvalue weighted by molar-refractivity contribution is -0.134. The monoisotopic (exact) mass is 432 g/mol. The molecule has 7 heteroatoms. The van der Waals surface area contributed by atoms with E-state index in [-0.39, 0.29) is 18.0 Å². The van der Waals surface area contributed by atoms with E-state index in [4.69, 9.17) is 10.5 Å². The third kappa shape index (κ3) is 2.77. The molecule has 0 bridgehead atoms. The summed E-state index contributed by atoms with van der Waals surface area (Å²) >= 11 is 0. The number of imide groups is 1. The van der Waals surface area contributed by atoms with Crippen LogP contribution in [0.1, 0.15) is 42.6 Å². The zero-order valence-electron chi connectivity index (χ0n) is 18.4. The van der Waals surface area contributed by atoms with Crippen LogP contribution in [0.3, 0.4) is 0 Å². The highest BCUT2D eigenvalue weighted by Crippen LogP contribution is 2.50. The number of amides is 3. The van der Waals surface area contributed by atoms with Crippen molar-refractivity contribution in [3.05, 3.63) is 65.4 Å². The number of hydrogen-bond donors (Lipinski definition) is 2. The molecule has 1 saturated heterocycles. The maximum Gasteiger partial charge on any atom is 0.328 e. The smallest absolute Gasteiger partial charge is 0.328 e. The van der Waals surface area contributed by atoms with Gasteiger partial charge in [0.1, 0.15) is 17.3 Å². The SMILES string of the molecule is CCC12Cc3c([nH]c4ccc(OC)cc34)C(c3ccccc3)N1C(=O)N(CCCN)C2=O. The van der Waals surface area contributed by atoms with E-state index in [2.05, 4.69) is 4.98 Å². The number of carbonyl (C=O) groups is 2. The fourth-order valence-corrected chi connectivity index (χ4v) is 5.34. The number of aromatic nitrogens is 1. The number of fused-ring (bicyclic) bond motifs is 4. The first kappa shape index (κ1) is 20.6. The fourth-order valence-electron chi connectivity index (χ4n) is 5.34. The number of benzene rings is 2. The first-order valence-electron chi connectivity index (χ1n) is 11.1. The summed E-state index contributed by atoms with van der Waals surface area (Å²) < 4.78 is 5.47. The summed E-state index contributed by atoms with van der Waals surface area (Å²) in [5.41, 5.74) is 8.77. The molecule has 0 spiro atoms. The van der Waals surface area contributed by atoms with Crippen molar-refractivity contribution in [2.24, 2.45) is 5.73 Å². The van der Waals surface area contributed by atoms with Crippen LogP contribution in [0.5, 0.6) is 5.75 Å². The van der Waals surface area contributed by atoms with Crippen molar-refractivity contribution in [2.75, 3.05) is 20.2 Å². The average molecular weight is 433 g/mol. The van der Waals surface area contributed by atoms with E-state index in [1.54, 1.807) is 7.11 Å². The molecule has 0 aliphatic carbocycles. The van der Waals surface area contributed by atoms with E-state index >= 15 is 0 Å². The number of hydrogen-bond acceptors (Lipinski definition) is 4. The van der Waals surface area contributed by atoms with E-state index in [1.807, 2.05) is 60.4 Å². The number of H-pyrrole nitrogens is 1. The van der Waals surface area contributed by atoms with Gasteiger partial charge in [-0.2, -0.15) is 0 Å². The van der Waals surface area contributed by atoms with Crippen molar-refractivity contribution in [3.63, 3.8) is 0 Å². The molecular weight excluding hydrogens is 404 g/mol. The molecule has 3 heterocycles. The maximum atomic E-state index is 13.8. The molecule has 3 aromatic rings. The van der Waals surface area contributed by atoms with Crippen molar-refractivity contribution in [3.8, 4) is 5.75 Å². The minimum atomic E-state index is -0.919. The summed E-state index contributed by atoms with van der Waals surface area (Å²) in [6.45, 7) is 2.77. The molecule has 0 saturated carbocycles. The number of carbonyl (C=O) groups excluding carboxylic acids is 2. The third-order valence-electron chi connectivity index (χ3n) is 6.97. The van der Waals surface area contributed by atoms with Gasteiger partial charge in [0.15, 0.2) is 0 Å². The number of nitrogens with one attached hydrogen (secondary N) is 1. The maximum absolute atomic E-state index is 13.8. The highest BCUT2D eigenvalue weighted by Gasteiger charge is 2.61. The molecule has 166 valence electrons. The topological polar surface area (TPSA) is 91.7 Å². The van der Waals surface area contributed by atoms with Crippen LogP contribution in [0, 0.1) is 0 Å². The van der Waals surface area contributed by atoms with Crippen LogP contribution in [0.4, 0.5) is 4.79 Å². The third-order valence-corrected chi connectivity index (χ3v) is 6.97. The second-order valence-electron chi connectivity index (χ2n) is 8.56. The summed E-state index contributed by atoms with van der Waals surface area (Å²) in [4.78, 5) is 34.2. The van der Waals surface area contributed by atoms with Crippen molar-refractivity contribution in [1.82, 2.24) is 14.8 Å². The van der Waals surface area contributed by atoms with Crippen LogP contribution in [0.25, 0.3) is 10.9 Å². The molecule has 3 amide bonds. The average Bonchev–Trinajstić information content (AvgIpc) is 3.29. The molecule has 2 aliphatic rings. The summed E-state index contributed by atoms with van der Waals surface area (Å²) in [7, 11) is 1.65. The largest absolute Gasteiger partial charge is 0.497 e. The standard InChI is InChI=1S/C25H28N4O3/c1-3-25-15-19-18-14-17(32-2)10-11-20(18)27-21(19)22(16-8-5-4-6-9-16)29(25)24(31)28(23(25)30)13-7-12-26/h4-6,8-11,14,22,27H,3,7,12-13,15,26H2,1-2H3. The van der Waals surface area contributed by atoms with Gasteiger partial charge in [0.25, 0.3) is 5.91 Å². The second kappa shape index (κ2) is 7.67. The Morgan fingerprint density at radius 2 is 1.97 bits per heavy atom. The van der Waals surface area contributed by atoms with Crippen molar-refractivity contribution < 1.29 is 14.3 Å². The Kier molecular flexibility index (Phi) is 4.93. The van der Waals surface area contributed by atoms with Gasteiger partial charge in [0, 0.05) is 29.6 Å². The predicted octanol–water partition coefficient (Wildman–Crippen LogP) is 3.58. The minimum absolute atomic E-state index is 0.123. The van der Waals surface area contributed by atoms with Gasteiger partial charge in [-0.25, -0.2) is 4.79 Å². The molecule has 1 fully saturated rings. The molecule has 2 unspecified atom stereocenters. The van der Waals surface area contributed by atoms with Crippen LogP contribution >= 0.6 is 0 Å². The summed E-state index contributed by atoms with van der Waals surface area (Å²) in [5, 5.41) is 1.04. The van der Waals surface area contributed by atoms with E-state index in [9.17, 15) is 9.59 Å². The van der Waals surface area contributed by atoms with Gasteiger partial charge in [-0.1, -0.05) is 37.3 Å². The highest BCUT2D eigenvalue weighted by atomic mass is 16.5. The number of rotatable bonds is 6. The van der Waals surface area contributed by atoms with Crippen LogP contribution in [0.2, 0.25) is 0 Å². The first-order valence-corrected chi connectivity index (χ1v) is 11.1. The molecule has 1 aromatic heterocycles. The van der Waals surface area contributed by atoms with Crippen molar-refractivity contribution in [1.29, 1.82) is 0 Å². The molecule has 7 nitrogen and oxygen atoms in total. The summed E-state index contributed by atoms with van der Waals surface area (Å²) in [5.74, 6) is 0.643. The predicted molar refractivity (Wildman–Crippen MR) is 122 cm³/mol. The zero-order valence-corrected chi connectivity index (χ0v) is 18.4. The number of ether oxygens (including phenoxy) is 1. The molecular formula is C25H28N4O3. The molecule has 2 aromatic carbocycles. The Balaban J connectivity index is 1.76. The first-order chi connectivity index (χ1) is 15.6. The number of nitrogens with two attached hydrogens (primary N) is 1. The number of nitrogens with zero attached hydrogens (tertiary/aromatic N) is 2. The van der Waals surface area contributed by atoms with Gasteiger partial charge < -0.3 is 15.5 Å². The van der Waals surface area contributed by atoms with E-state index in [0.29, 0.717) is 32.4 Å². The lowest BCUT2D eigenvalue weighted by Gasteiger charge is -2.44. The summed E-state index contributed by atoms with van der Waals surface area (Å²) in [6.07, 6.45) is 1.60. The van der Waals surface area contributed by atoms with Crippen LogP contribution in [0.15, 0.2) is 48.5 Å².